The highest BCUT2D eigenvalue weighted by molar-refractivity contribution is 5.89. The van der Waals surface area contributed by atoms with Crippen LogP contribution >= 0.6 is 0 Å². The van der Waals surface area contributed by atoms with Gasteiger partial charge in [0.05, 0.1) is 5.54 Å². The zero-order chi connectivity index (χ0) is 9.90. The van der Waals surface area contributed by atoms with Crippen molar-refractivity contribution in [2.75, 3.05) is 0 Å². The average molecular weight is 185 g/mol. The number of hydrogen-bond acceptors (Lipinski definition) is 3. The summed E-state index contributed by atoms with van der Waals surface area (Å²) in [5.41, 5.74) is 11.0. The normalized spacial score (nSPS) is 36.2. The maximum absolute atomic E-state index is 8.56. The van der Waals surface area contributed by atoms with Crippen LogP contribution in [0.1, 0.15) is 39.0 Å². The molecule has 4 heteroatoms. The van der Waals surface area contributed by atoms with E-state index in [0.717, 1.165) is 31.6 Å². The lowest BCUT2D eigenvalue weighted by Crippen LogP contribution is -2.54. The van der Waals surface area contributed by atoms with Crippen LogP contribution in [0.5, 0.6) is 0 Å². The molecule has 0 radical (unpaired) electrons. The maximum atomic E-state index is 8.56. The summed E-state index contributed by atoms with van der Waals surface area (Å²) in [7, 11) is 0. The van der Waals surface area contributed by atoms with Gasteiger partial charge >= 0.3 is 0 Å². The van der Waals surface area contributed by atoms with E-state index in [9.17, 15) is 0 Å². The molecule has 0 aromatic heterocycles. The van der Waals surface area contributed by atoms with E-state index in [4.69, 9.17) is 16.7 Å². The minimum atomic E-state index is -0.555. The van der Waals surface area contributed by atoms with E-state index in [1.807, 2.05) is 0 Å². The first-order valence-corrected chi connectivity index (χ1v) is 4.89. The summed E-state index contributed by atoms with van der Waals surface area (Å²) >= 11 is 0. The summed E-state index contributed by atoms with van der Waals surface area (Å²) < 4.78 is 0. The van der Waals surface area contributed by atoms with Crippen molar-refractivity contribution in [1.29, 1.82) is 0 Å². The fraction of sp³-hybridized carbons (Fsp3) is 0.889. The number of oxime groups is 1. The second-order valence-corrected chi connectivity index (χ2v) is 3.99. The molecule has 0 atom stereocenters. The molecule has 76 valence electrons. The maximum Gasteiger partial charge on any atom is 0.159 e. The van der Waals surface area contributed by atoms with Gasteiger partial charge in [-0.25, -0.2) is 0 Å². The number of nitrogens with zero attached hydrogens (tertiary/aromatic N) is 1. The smallest absolute Gasteiger partial charge is 0.159 e. The molecule has 0 unspecified atom stereocenters. The summed E-state index contributed by atoms with van der Waals surface area (Å²) in [6.07, 6.45) is 5.04. The first kappa shape index (κ1) is 10.3. The number of nitrogens with two attached hydrogens (primary N) is 2. The molecule has 4 nitrogen and oxygen atoms in total. The number of amidine groups is 1. The van der Waals surface area contributed by atoms with Crippen LogP contribution in [0.2, 0.25) is 0 Å². The van der Waals surface area contributed by atoms with Gasteiger partial charge in [-0.1, -0.05) is 18.5 Å². The zero-order valence-corrected chi connectivity index (χ0v) is 8.16. The van der Waals surface area contributed by atoms with Crippen LogP contribution in [-0.4, -0.2) is 16.6 Å². The average Bonchev–Trinajstić information content (AvgIpc) is 2.18. The number of rotatable bonds is 2. The van der Waals surface area contributed by atoms with Crippen molar-refractivity contribution in [1.82, 2.24) is 0 Å². The van der Waals surface area contributed by atoms with E-state index in [1.54, 1.807) is 0 Å². The van der Waals surface area contributed by atoms with Gasteiger partial charge in [0.1, 0.15) is 0 Å². The fourth-order valence-electron chi connectivity index (χ4n) is 1.96. The Bertz CT molecular complexity index is 195. The van der Waals surface area contributed by atoms with Crippen LogP contribution in [0.15, 0.2) is 5.16 Å². The molecule has 0 aromatic rings. The Morgan fingerprint density at radius 1 is 1.54 bits per heavy atom. The Hall–Kier alpha value is -0.770. The summed E-state index contributed by atoms with van der Waals surface area (Å²) in [4.78, 5) is 0. The van der Waals surface area contributed by atoms with Crippen LogP contribution in [0.4, 0.5) is 0 Å². The predicted molar refractivity (Wildman–Crippen MR) is 52.6 cm³/mol. The molecule has 0 aliphatic heterocycles. The van der Waals surface area contributed by atoms with Gasteiger partial charge < -0.3 is 16.7 Å². The third-order valence-electron chi connectivity index (χ3n) is 3.19. The molecule has 0 bridgehead atoms. The Labute approximate surface area is 79.0 Å². The predicted octanol–water partition coefficient (Wildman–Crippen LogP) is 1.03. The van der Waals surface area contributed by atoms with E-state index >= 15 is 0 Å². The van der Waals surface area contributed by atoms with Gasteiger partial charge in [-0.15, -0.1) is 0 Å². The van der Waals surface area contributed by atoms with Gasteiger partial charge in [0.2, 0.25) is 0 Å². The Morgan fingerprint density at radius 3 is 2.46 bits per heavy atom. The van der Waals surface area contributed by atoms with Gasteiger partial charge in [-0.2, -0.15) is 0 Å². The van der Waals surface area contributed by atoms with Crippen LogP contribution in [0.25, 0.3) is 0 Å². The van der Waals surface area contributed by atoms with Crippen molar-refractivity contribution in [2.24, 2.45) is 22.5 Å². The quantitative estimate of drug-likeness (QED) is 0.260. The summed E-state index contributed by atoms with van der Waals surface area (Å²) in [6, 6.07) is 0. The van der Waals surface area contributed by atoms with Crippen LogP contribution in [-0.2, 0) is 0 Å². The molecule has 0 aromatic carbocycles. The molecule has 5 N–H and O–H groups in total. The summed E-state index contributed by atoms with van der Waals surface area (Å²) in [5.74, 6) is 0.949. The van der Waals surface area contributed by atoms with Crippen LogP contribution < -0.4 is 11.5 Å². The van der Waals surface area contributed by atoms with Gasteiger partial charge in [0.25, 0.3) is 0 Å². The fourth-order valence-corrected chi connectivity index (χ4v) is 1.96. The highest BCUT2D eigenvalue weighted by Crippen LogP contribution is 2.32. The van der Waals surface area contributed by atoms with Crippen molar-refractivity contribution in [3.63, 3.8) is 0 Å². The Balaban J connectivity index is 2.56. The molecule has 1 rings (SSSR count). The molecular weight excluding hydrogens is 166 g/mol. The first-order valence-electron chi connectivity index (χ1n) is 4.89. The Kier molecular flexibility index (Phi) is 3.14. The molecular formula is C9H19N3O. The summed E-state index contributed by atoms with van der Waals surface area (Å²) in [5, 5.41) is 11.6. The van der Waals surface area contributed by atoms with Crippen molar-refractivity contribution in [3.05, 3.63) is 0 Å². The minimum absolute atomic E-state index is 0.182. The zero-order valence-electron chi connectivity index (χ0n) is 8.16. The van der Waals surface area contributed by atoms with Gasteiger partial charge in [-0.05, 0) is 31.6 Å². The topological polar surface area (TPSA) is 84.6 Å². The lowest BCUT2D eigenvalue weighted by molar-refractivity contribution is 0.266. The molecule has 1 aliphatic carbocycles. The Morgan fingerprint density at radius 2 is 2.08 bits per heavy atom. The van der Waals surface area contributed by atoms with Gasteiger partial charge in [0, 0.05) is 0 Å². The van der Waals surface area contributed by atoms with Gasteiger partial charge in [0.15, 0.2) is 5.84 Å². The molecule has 13 heavy (non-hydrogen) atoms. The minimum Gasteiger partial charge on any atom is -0.409 e. The highest BCUT2D eigenvalue weighted by Gasteiger charge is 2.34. The molecule has 1 fully saturated rings. The van der Waals surface area contributed by atoms with E-state index in [-0.39, 0.29) is 5.84 Å². The second kappa shape index (κ2) is 3.96. The van der Waals surface area contributed by atoms with Crippen molar-refractivity contribution in [2.45, 2.75) is 44.6 Å². The first-order chi connectivity index (χ1) is 6.12. The molecule has 1 saturated carbocycles. The van der Waals surface area contributed by atoms with E-state index in [0.29, 0.717) is 0 Å². The van der Waals surface area contributed by atoms with Gasteiger partial charge in [-0.3, -0.25) is 0 Å². The van der Waals surface area contributed by atoms with Crippen molar-refractivity contribution in [3.8, 4) is 0 Å². The van der Waals surface area contributed by atoms with Crippen molar-refractivity contribution < 1.29 is 5.21 Å². The van der Waals surface area contributed by atoms with Crippen molar-refractivity contribution >= 4 is 5.84 Å². The number of hydrogen-bond donors (Lipinski definition) is 3. The monoisotopic (exact) mass is 185 g/mol. The second-order valence-electron chi connectivity index (χ2n) is 3.99. The molecule has 0 heterocycles. The lowest BCUT2D eigenvalue weighted by atomic mass is 9.75. The summed E-state index contributed by atoms with van der Waals surface area (Å²) in [6.45, 7) is 2.19. The standard InChI is InChI=1S/C9H19N3O/c1-2-7-3-5-9(11,6-4-7)8(10)12-13/h7,13H,2-6,11H2,1H3,(H2,10,12). The van der Waals surface area contributed by atoms with E-state index < -0.39 is 5.54 Å². The molecule has 0 amide bonds. The molecule has 0 saturated heterocycles. The highest BCUT2D eigenvalue weighted by atomic mass is 16.4. The van der Waals surface area contributed by atoms with Crippen LogP contribution in [0, 0.1) is 5.92 Å². The molecule has 1 aliphatic rings. The third-order valence-corrected chi connectivity index (χ3v) is 3.19. The largest absolute Gasteiger partial charge is 0.409 e. The molecule has 0 spiro atoms. The lowest BCUT2D eigenvalue weighted by Gasteiger charge is -2.35. The van der Waals surface area contributed by atoms with Crippen LogP contribution in [0.3, 0.4) is 0 Å². The third kappa shape index (κ3) is 2.12. The van der Waals surface area contributed by atoms with E-state index in [2.05, 4.69) is 12.1 Å². The van der Waals surface area contributed by atoms with E-state index in [1.165, 1.54) is 6.42 Å². The SMILES string of the molecule is CCC1CCC(N)(/C(N)=N/O)CC1.